The average molecular weight is 197 g/mol. The molecule has 4 N–H and O–H groups in total. The topological polar surface area (TPSA) is 89.4 Å². The molecule has 1 saturated carbocycles. The number of nitrogens with two attached hydrogens (primary N) is 2. The molecule has 5 nitrogen and oxygen atoms in total. The van der Waals surface area contributed by atoms with Crippen LogP contribution in [-0.4, -0.2) is 35.8 Å². The summed E-state index contributed by atoms with van der Waals surface area (Å²) in [7, 11) is 0. The molecule has 2 rings (SSSR count). The standard InChI is InChI=1S/C9H15N3O2/c10-7-1-5(2-7)9(14)12-3-6(4-12)8(11)13/h5-7H,1-4,10H2,(H2,11,13). The van der Waals surface area contributed by atoms with Crippen LogP contribution in [-0.2, 0) is 9.59 Å². The van der Waals surface area contributed by atoms with Crippen LogP contribution < -0.4 is 11.5 Å². The first kappa shape index (κ1) is 9.45. The highest BCUT2D eigenvalue weighted by Gasteiger charge is 2.40. The van der Waals surface area contributed by atoms with Crippen LogP contribution >= 0.6 is 0 Å². The monoisotopic (exact) mass is 197 g/mol. The summed E-state index contributed by atoms with van der Waals surface area (Å²) in [6.07, 6.45) is 1.58. The van der Waals surface area contributed by atoms with Gasteiger partial charge in [0.2, 0.25) is 11.8 Å². The molecule has 1 aliphatic carbocycles. The molecule has 5 heteroatoms. The van der Waals surface area contributed by atoms with Crippen molar-refractivity contribution in [2.24, 2.45) is 23.3 Å². The van der Waals surface area contributed by atoms with E-state index in [1.165, 1.54) is 0 Å². The van der Waals surface area contributed by atoms with E-state index in [9.17, 15) is 9.59 Å². The Labute approximate surface area is 82.4 Å². The fourth-order valence-corrected chi connectivity index (χ4v) is 1.96. The molecule has 0 aromatic rings. The SMILES string of the molecule is NC(=O)C1CN(C(=O)C2CC(N)C2)C1. The van der Waals surface area contributed by atoms with Gasteiger partial charge in [0, 0.05) is 25.0 Å². The summed E-state index contributed by atoms with van der Waals surface area (Å²) in [6.45, 7) is 1.000. The van der Waals surface area contributed by atoms with E-state index in [1.54, 1.807) is 4.90 Å². The van der Waals surface area contributed by atoms with Gasteiger partial charge in [-0.3, -0.25) is 9.59 Å². The maximum absolute atomic E-state index is 11.6. The van der Waals surface area contributed by atoms with Gasteiger partial charge in [-0.25, -0.2) is 0 Å². The van der Waals surface area contributed by atoms with Crippen molar-refractivity contribution >= 4 is 11.8 Å². The van der Waals surface area contributed by atoms with Crippen LogP contribution in [0.4, 0.5) is 0 Å². The molecule has 1 saturated heterocycles. The van der Waals surface area contributed by atoms with Crippen LogP contribution in [0.3, 0.4) is 0 Å². The summed E-state index contributed by atoms with van der Waals surface area (Å²) < 4.78 is 0. The van der Waals surface area contributed by atoms with E-state index in [0.29, 0.717) is 13.1 Å². The molecule has 2 fully saturated rings. The van der Waals surface area contributed by atoms with Gasteiger partial charge in [-0.05, 0) is 12.8 Å². The summed E-state index contributed by atoms with van der Waals surface area (Å²) in [5.74, 6) is -0.199. The molecule has 0 spiro atoms. The van der Waals surface area contributed by atoms with E-state index < -0.39 is 0 Å². The smallest absolute Gasteiger partial charge is 0.225 e. The van der Waals surface area contributed by atoms with Crippen LogP contribution in [0.5, 0.6) is 0 Å². The Morgan fingerprint density at radius 2 is 1.71 bits per heavy atom. The highest BCUT2D eigenvalue weighted by Crippen LogP contribution is 2.30. The number of carbonyl (C=O) groups is 2. The Balaban J connectivity index is 1.77. The largest absolute Gasteiger partial charge is 0.369 e. The van der Waals surface area contributed by atoms with Crippen LogP contribution in [0.25, 0.3) is 0 Å². The third-order valence-electron chi connectivity index (χ3n) is 3.12. The number of hydrogen-bond acceptors (Lipinski definition) is 3. The zero-order chi connectivity index (χ0) is 10.3. The minimum atomic E-state index is -0.306. The molecule has 14 heavy (non-hydrogen) atoms. The Morgan fingerprint density at radius 3 is 2.14 bits per heavy atom. The summed E-state index contributed by atoms with van der Waals surface area (Å²) in [5, 5.41) is 0. The third kappa shape index (κ3) is 1.48. The van der Waals surface area contributed by atoms with Crippen molar-refractivity contribution in [3.63, 3.8) is 0 Å². The van der Waals surface area contributed by atoms with Crippen molar-refractivity contribution in [2.45, 2.75) is 18.9 Å². The van der Waals surface area contributed by atoms with Gasteiger partial charge in [0.25, 0.3) is 0 Å². The van der Waals surface area contributed by atoms with Gasteiger partial charge in [-0.2, -0.15) is 0 Å². The van der Waals surface area contributed by atoms with Crippen molar-refractivity contribution in [3.8, 4) is 0 Å². The fraction of sp³-hybridized carbons (Fsp3) is 0.778. The minimum absolute atomic E-state index is 0.0961. The lowest BCUT2D eigenvalue weighted by Gasteiger charge is -2.42. The van der Waals surface area contributed by atoms with E-state index in [1.807, 2.05) is 0 Å². The highest BCUT2D eigenvalue weighted by molar-refractivity contribution is 5.85. The molecule has 2 aliphatic rings. The quantitative estimate of drug-likeness (QED) is 0.574. The maximum atomic E-state index is 11.6. The van der Waals surface area contributed by atoms with E-state index in [-0.39, 0.29) is 29.7 Å². The summed E-state index contributed by atoms with van der Waals surface area (Å²) >= 11 is 0. The minimum Gasteiger partial charge on any atom is -0.369 e. The second-order valence-corrected chi connectivity index (χ2v) is 4.27. The average Bonchev–Trinajstić information content (AvgIpc) is 1.94. The highest BCUT2D eigenvalue weighted by atomic mass is 16.2. The number of primary amides is 1. The number of amides is 2. The maximum Gasteiger partial charge on any atom is 0.225 e. The molecule has 78 valence electrons. The molecule has 0 atom stereocenters. The Bertz CT molecular complexity index is 267. The Hall–Kier alpha value is -1.10. The van der Waals surface area contributed by atoms with Crippen molar-refractivity contribution in [1.82, 2.24) is 4.90 Å². The number of likely N-dealkylation sites (tertiary alicyclic amines) is 1. The van der Waals surface area contributed by atoms with Crippen molar-refractivity contribution in [3.05, 3.63) is 0 Å². The first-order valence-electron chi connectivity index (χ1n) is 4.91. The molecule has 0 unspecified atom stereocenters. The van der Waals surface area contributed by atoms with Gasteiger partial charge in [-0.15, -0.1) is 0 Å². The Kier molecular flexibility index (Phi) is 2.19. The molecule has 0 bridgehead atoms. The van der Waals surface area contributed by atoms with Gasteiger partial charge in [0.15, 0.2) is 0 Å². The van der Waals surface area contributed by atoms with Gasteiger partial charge in [0.1, 0.15) is 0 Å². The molecular weight excluding hydrogens is 182 g/mol. The first-order chi connectivity index (χ1) is 6.58. The van der Waals surface area contributed by atoms with Crippen molar-refractivity contribution < 1.29 is 9.59 Å². The number of hydrogen-bond donors (Lipinski definition) is 2. The van der Waals surface area contributed by atoms with E-state index in [4.69, 9.17) is 11.5 Å². The second kappa shape index (κ2) is 3.24. The molecule has 0 aromatic heterocycles. The van der Waals surface area contributed by atoms with Gasteiger partial charge in [0.05, 0.1) is 5.92 Å². The summed E-state index contributed by atoms with van der Waals surface area (Å²) in [5.41, 5.74) is 10.7. The second-order valence-electron chi connectivity index (χ2n) is 4.27. The number of rotatable bonds is 2. The molecule has 1 aliphatic heterocycles. The molecule has 2 amide bonds. The Morgan fingerprint density at radius 1 is 1.14 bits per heavy atom. The molecule has 0 aromatic carbocycles. The van der Waals surface area contributed by atoms with Crippen molar-refractivity contribution in [2.75, 3.05) is 13.1 Å². The van der Waals surface area contributed by atoms with Crippen LogP contribution in [0.15, 0.2) is 0 Å². The fourth-order valence-electron chi connectivity index (χ4n) is 1.96. The van der Waals surface area contributed by atoms with E-state index in [0.717, 1.165) is 12.8 Å². The first-order valence-corrected chi connectivity index (χ1v) is 4.91. The summed E-state index contributed by atoms with van der Waals surface area (Å²) in [6, 6.07) is 0.192. The van der Waals surface area contributed by atoms with Crippen molar-refractivity contribution in [1.29, 1.82) is 0 Å². The van der Waals surface area contributed by atoms with Crippen LogP contribution in [0.2, 0.25) is 0 Å². The zero-order valence-corrected chi connectivity index (χ0v) is 7.98. The normalized spacial score (nSPS) is 31.9. The van der Waals surface area contributed by atoms with Crippen LogP contribution in [0.1, 0.15) is 12.8 Å². The van der Waals surface area contributed by atoms with E-state index >= 15 is 0 Å². The number of carbonyl (C=O) groups excluding carboxylic acids is 2. The van der Waals surface area contributed by atoms with Crippen LogP contribution in [0, 0.1) is 11.8 Å². The predicted molar refractivity (Wildman–Crippen MR) is 50.0 cm³/mol. The molecular formula is C9H15N3O2. The molecule has 1 heterocycles. The van der Waals surface area contributed by atoms with E-state index in [2.05, 4.69) is 0 Å². The zero-order valence-electron chi connectivity index (χ0n) is 7.98. The summed E-state index contributed by atoms with van der Waals surface area (Å²) in [4.78, 5) is 24.1. The predicted octanol–water partition coefficient (Wildman–Crippen LogP) is -1.33. The van der Waals surface area contributed by atoms with Gasteiger partial charge >= 0.3 is 0 Å². The lowest BCUT2D eigenvalue weighted by Crippen LogP contribution is -2.58. The number of nitrogens with zero attached hydrogens (tertiary/aromatic N) is 1. The van der Waals surface area contributed by atoms with Gasteiger partial charge in [-0.1, -0.05) is 0 Å². The lowest BCUT2D eigenvalue weighted by atomic mass is 9.79. The van der Waals surface area contributed by atoms with Gasteiger partial charge < -0.3 is 16.4 Å². The molecule has 0 radical (unpaired) electrons. The third-order valence-corrected chi connectivity index (χ3v) is 3.12. The lowest BCUT2D eigenvalue weighted by molar-refractivity contribution is -0.148.